The van der Waals surface area contributed by atoms with E-state index in [0.29, 0.717) is 6.04 Å². The second-order valence-electron chi connectivity index (χ2n) is 5.45. The lowest BCUT2D eigenvalue weighted by atomic mass is 10.2. The van der Waals surface area contributed by atoms with E-state index in [4.69, 9.17) is 16.6 Å². The number of benzene rings is 1. The van der Waals surface area contributed by atoms with Gasteiger partial charge in [-0.2, -0.15) is 0 Å². The Morgan fingerprint density at radius 1 is 1.32 bits per heavy atom. The monoisotopic (exact) mass is 279 g/mol. The Bertz CT molecular complexity index is 572. The number of imidazole rings is 1. The van der Waals surface area contributed by atoms with Gasteiger partial charge in [0.15, 0.2) is 0 Å². The zero-order chi connectivity index (χ0) is 14.2. The minimum atomic E-state index is -0.0823. The summed E-state index contributed by atoms with van der Waals surface area (Å²) in [6, 6.07) is 6.74. The molecule has 0 saturated heterocycles. The van der Waals surface area contributed by atoms with E-state index in [1.807, 2.05) is 6.92 Å². The Labute approximate surface area is 120 Å². The highest BCUT2D eigenvalue weighted by molar-refractivity contribution is 6.20. The van der Waals surface area contributed by atoms with Crippen molar-refractivity contribution in [2.75, 3.05) is 14.1 Å². The fraction of sp³-hybridized carbons (Fsp3) is 0.533. The molecule has 0 saturated carbocycles. The summed E-state index contributed by atoms with van der Waals surface area (Å²) in [6.07, 6.45) is 0. The van der Waals surface area contributed by atoms with Gasteiger partial charge in [0.1, 0.15) is 5.82 Å². The first-order valence-corrected chi connectivity index (χ1v) is 7.11. The van der Waals surface area contributed by atoms with Crippen molar-refractivity contribution in [3.05, 3.63) is 29.6 Å². The van der Waals surface area contributed by atoms with Crippen molar-refractivity contribution in [2.24, 2.45) is 0 Å². The van der Waals surface area contributed by atoms with Crippen LogP contribution in [0.1, 0.15) is 30.6 Å². The molecule has 2 atom stereocenters. The van der Waals surface area contributed by atoms with E-state index in [-0.39, 0.29) is 5.38 Å². The summed E-state index contributed by atoms with van der Waals surface area (Å²) >= 11 is 6.30. The van der Waals surface area contributed by atoms with E-state index in [1.165, 1.54) is 11.1 Å². The van der Waals surface area contributed by atoms with Crippen LogP contribution in [0.2, 0.25) is 0 Å². The van der Waals surface area contributed by atoms with E-state index in [1.54, 1.807) is 0 Å². The van der Waals surface area contributed by atoms with E-state index in [0.717, 1.165) is 17.9 Å². The standard InChI is InChI=1S/C15H22ClN3/c1-10-7-6-8-13-14(10)17-15(12(3)16)19(13)9-11(2)18(4)5/h6-8,11-12H,9H2,1-5H3. The summed E-state index contributed by atoms with van der Waals surface area (Å²) < 4.78 is 2.25. The predicted molar refractivity (Wildman–Crippen MR) is 81.9 cm³/mol. The summed E-state index contributed by atoms with van der Waals surface area (Å²) in [6.45, 7) is 7.19. The third-order valence-electron chi connectivity index (χ3n) is 3.69. The average Bonchev–Trinajstić information content (AvgIpc) is 2.70. The van der Waals surface area contributed by atoms with Gasteiger partial charge in [0, 0.05) is 12.6 Å². The molecule has 4 heteroatoms. The maximum atomic E-state index is 6.30. The molecule has 1 aromatic heterocycles. The number of halogens is 1. The molecule has 0 aliphatic rings. The molecule has 2 unspecified atom stereocenters. The zero-order valence-electron chi connectivity index (χ0n) is 12.3. The maximum absolute atomic E-state index is 6.30. The molecule has 3 nitrogen and oxygen atoms in total. The van der Waals surface area contributed by atoms with Crippen LogP contribution in [0, 0.1) is 6.92 Å². The van der Waals surface area contributed by atoms with E-state index >= 15 is 0 Å². The molecule has 2 aromatic rings. The van der Waals surface area contributed by atoms with Crippen molar-refractivity contribution in [3.63, 3.8) is 0 Å². The lowest BCUT2D eigenvalue weighted by Gasteiger charge is -2.22. The van der Waals surface area contributed by atoms with Crippen molar-refractivity contribution >= 4 is 22.6 Å². The van der Waals surface area contributed by atoms with Crippen LogP contribution < -0.4 is 0 Å². The van der Waals surface area contributed by atoms with Gasteiger partial charge in [0.2, 0.25) is 0 Å². The summed E-state index contributed by atoms with van der Waals surface area (Å²) in [5.74, 6) is 0.958. The van der Waals surface area contributed by atoms with Gasteiger partial charge in [-0.1, -0.05) is 12.1 Å². The van der Waals surface area contributed by atoms with Crippen molar-refractivity contribution < 1.29 is 0 Å². The fourth-order valence-corrected chi connectivity index (χ4v) is 2.39. The highest BCUT2D eigenvalue weighted by atomic mass is 35.5. The van der Waals surface area contributed by atoms with E-state index < -0.39 is 0 Å². The highest BCUT2D eigenvalue weighted by Gasteiger charge is 2.18. The third kappa shape index (κ3) is 2.77. The number of hydrogen-bond donors (Lipinski definition) is 0. The number of rotatable bonds is 4. The van der Waals surface area contributed by atoms with Crippen molar-refractivity contribution in [3.8, 4) is 0 Å². The molecule has 104 valence electrons. The minimum Gasteiger partial charge on any atom is -0.325 e. The summed E-state index contributed by atoms with van der Waals surface area (Å²) in [4.78, 5) is 6.95. The summed E-state index contributed by atoms with van der Waals surface area (Å²) in [7, 11) is 4.19. The molecule has 0 amide bonds. The van der Waals surface area contributed by atoms with Gasteiger partial charge in [-0.15, -0.1) is 11.6 Å². The molecule has 0 aliphatic carbocycles. The smallest absolute Gasteiger partial charge is 0.127 e. The minimum absolute atomic E-state index is 0.0823. The van der Waals surface area contributed by atoms with Crippen molar-refractivity contribution in [2.45, 2.75) is 38.7 Å². The first-order chi connectivity index (χ1) is 8.91. The molecular weight excluding hydrogens is 258 g/mol. The lowest BCUT2D eigenvalue weighted by Crippen LogP contribution is -2.29. The van der Waals surface area contributed by atoms with Crippen LogP contribution in [0.5, 0.6) is 0 Å². The lowest BCUT2D eigenvalue weighted by molar-refractivity contribution is 0.284. The second kappa shape index (κ2) is 5.51. The molecule has 2 rings (SSSR count). The van der Waals surface area contributed by atoms with Gasteiger partial charge in [-0.3, -0.25) is 0 Å². The molecule has 0 radical (unpaired) electrons. The number of alkyl halides is 1. The number of hydrogen-bond acceptors (Lipinski definition) is 2. The molecule has 0 N–H and O–H groups in total. The van der Waals surface area contributed by atoms with Crippen LogP contribution in [0.3, 0.4) is 0 Å². The van der Waals surface area contributed by atoms with Crippen LogP contribution in [-0.4, -0.2) is 34.6 Å². The molecular formula is C15H22ClN3. The number of aryl methyl sites for hydroxylation is 1. The highest BCUT2D eigenvalue weighted by Crippen LogP contribution is 2.26. The van der Waals surface area contributed by atoms with Crippen LogP contribution in [0.25, 0.3) is 11.0 Å². The molecule has 0 aliphatic heterocycles. The van der Waals surface area contributed by atoms with Gasteiger partial charge < -0.3 is 9.47 Å². The van der Waals surface area contributed by atoms with Gasteiger partial charge in [-0.25, -0.2) is 4.98 Å². The van der Waals surface area contributed by atoms with Crippen molar-refractivity contribution in [1.29, 1.82) is 0 Å². The molecule has 0 spiro atoms. The summed E-state index contributed by atoms with van der Waals surface area (Å²) in [5.41, 5.74) is 3.44. The molecule has 19 heavy (non-hydrogen) atoms. The zero-order valence-corrected chi connectivity index (χ0v) is 13.1. The van der Waals surface area contributed by atoms with Gasteiger partial charge in [0.25, 0.3) is 0 Å². The predicted octanol–water partition coefficient (Wildman–Crippen LogP) is 3.59. The number of aromatic nitrogens is 2. The Kier molecular flexibility index (Phi) is 4.16. The third-order valence-corrected chi connectivity index (χ3v) is 3.89. The average molecular weight is 280 g/mol. The Hall–Kier alpha value is -1.06. The number of fused-ring (bicyclic) bond motifs is 1. The quantitative estimate of drug-likeness (QED) is 0.798. The van der Waals surface area contributed by atoms with Crippen molar-refractivity contribution in [1.82, 2.24) is 14.5 Å². The Morgan fingerprint density at radius 2 is 2.00 bits per heavy atom. The molecule has 1 aromatic carbocycles. The largest absolute Gasteiger partial charge is 0.325 e. The van der Waals surface area contributed by atoms with E-state index in [9.17, 15) is 0 Å². The van der Waals surface area contributed by atoms with Gasteiger partial charge in [-0.05, 0) is 46.5 Å². The topological polar surface area (TPSA) is 21.1 Å². The maximum Gasteiger partial charge on any atom is 0.127 e. The SMILES string of the molecule is Cc1cccc2c1nc(C(C)Cl)n2CC(C)N(C)C. The number of nitrogens with zero attached hydrogens (tertiary/aromatic N) is 3. The second-order valence-corrected chi connectivity index (χ2v) is 6.11. The number of para-hydroxylation sites is 1. The fourth-order valence-electron chi connectivity index (χ4n) is 2.23. The normalized spacial score (nSPS) is 15.1. The van der Waals surface area contributed by atoms with Crippen LogP contribution in [0.4, 0.5) is 0 Å². The molecule has 1 heterocycles. The van der Waals surface area contributed by atoms with Crippen LogP contribution >= 0.6 is 11.6 Å². The van der Waals surface area contributed by atoms with Crippen LogP contribution in [-0.2, 0) is 6.54 Å². The molecule has 0 bridgehead atoms. The van der Waals surface area contributed by atoms with E-state index in [2.05, 4.69) is 55.6 Å². The van der Waals surface area contributed by atoms with Gasteiger partial charge >= 0.3 is 0 Å². The first kappa shape index (κ1) is 14.4. The Morgan fingerprint density at radius 3 is 2.58 bits per heavy atom. The first-order valence-electron chi connectivity index (χ1n) is 6.68. The van der Waals surface area contributed by atoms with Gasteiger partial charge in [0.05, 0.1) is 16.4 Å². The number of likely N-dealkylation sites (N-methyl/N-ethyl adjacent to an activating group) is 1. The van der Waals surface area contributed by atoms with Crippen LogP contribution in [0.15, 0.2) is 18.2 Å². The molecule has 0 fully saturated rings. The Balaban J connectivity index is 2.56. The summed E-state index contributed by atoms with van der Waals surface area (Å²) in [5, 5.41) is -0.0823.